The third-order valence-corrected chi connectivity index (χ3v) is 13.2. The second-order valence-corrected chi connectivity index (χ2v) is 16.0. The lowest BCUT2D eigenvalue weighted by atomic mass is 9.51. The van der Waals surface area contributed by atoms with Crippen LogP contribution in [0.3, 0.4) is 0 Å². The molecule has 6 unspecified atom stereocenters. The molecule has 7 aliphatic carbocycles. The average Bonchev–Trinajstić information content (AvgIpc) is 3.47. The third kappa shape index (κ3) is 4.10. The number of anilines is 2. The molecular formula is C35H40N4O8S. The molecule has 0 aliphatic heterocycles. The summed E-state index contributed by atoms with van der Waals surface area (Å²) in [5, 5.41) is 63.7. The molecule has 0 spiro atoms. The molecule has 9 rings (SSSR count). The highest BCUT2D eigenvalue weighted by Gasteiger charge is 2.67. The number of likely N-dealkylation sites (N-methyl/N-ethyl adjacent to an activating group) is 1. The number of hydrogen-bond acceptors (Lipinski definition) is 12. The fourth-order valence-corrected chi connectivity index (χ4v) is 11.5. The lowest BCUT2D eigenvalue weighted by Crippen LogP contribution is -2.68. The first-order valence-electron chi connectivity index (χ1n) is 16.6. The monoisotopic (exact) mass is 676 g/mol. The minimum absolute atomic E-state index is 0.140. The number of nitrogens with zero attached hydrogens (tertiary/aromatic N) is 2. The Morgan fingerprint density at radius 3 is 2.29 bits per heavy atom. The van der Waals surface area contributed by atoms with E-state index in [1.165, 1.54) is 62.4 Å². The standard InChI is InChI=1S/C35H40N4O8S/c1-12-17-4-5-18(37-34-38-19(11-48-34)21-15-7-13-6-14(9-15)10-16(21)8-13)27(40)22(17)28(41)23-20(12)29(42)25-26(39(2)3)30(43)24(33(36)46)32(45)35(25,47)31(23)44/h4-5,11-16,20-21,25-26,29,40,42-44,47H,6-10H2,1-3H3,(H2,36,46)(H,37,38). The van der Waals surface area contributed by atoms with Crippen molar-refractivity contribution in [3.63, 3.8) is 0 Å². The van der Waals surface area contributed by atoms with Crippen LogP contribution < -0.4 is 11.1 Å². The number of phenolic OH excluding ortho intramolecular Hbond substituents is 1. The molecule has 1 amide bonds. The van der Waals surface area contributed by atoms with Gasteiger partial charge < -0.3 is 36.6 Å². The zero-order chi connectivity index (χ0) is 34.1. The topological polar surface area (TPSA) is 207 Å². The van der Waals surface area contributed by atoms with E-state index in [2.05, 4.69) is 10.7 Å². The zero-order valence-electron chi connectivity index (χ0n) is 26.9. The van der Waals surface area contributed by atoms with Crippen LogP contribution in [0.5, 0.6) is 5.75 Å². The molecule has 48 heavy (non-hydrogen) atoms. The third-order valence-electron chi connectivity index (χ3n) is 12.5. The van der Waals surface area contributed by atoms with Gasteiger partial charge in [-0.1, -0.05) is 13.0 Å². The maximum absolute atomic E-state index is 14.2. The number of hydrogen-bond donors (Lipinski definition) is 7. The molecule has 1 aromatic heterocycles. The Labute approximate surface area is 281 Å². The zero-order valence-corrected chi connectivity index (χ0v) is 27.7. The number of amides is 1. The van der Waals surface area contributed by atoms with Crippen LogP contribution in [-0.4, -0.2) is 84.7 Å². The summed E-state index contributed by atoms with van der Waals surface area (Å²) < 4.78 is 0. The number of primary amides is 1. The van der Waals surface area contributed by atoms with Crippen LogP contribution >= 0.6 is 11.3 Å². The maximum Gasteiger partial charge on any atom is 0.255 e. The molecule has 254 valence electrons. The van der Waals surface area contributed by atoms with Gasteiger partial charge in [-0.3, -0.25) is 19.3 Å². The fraction of sp³-hybridized carbons (Fsp3) is 0.543. The molecule has 2 aromatic rings. The molecule has 4 bridgehead atoms. The molecule has 4 fully saturated rings. The number of rotatable bonds is 5. The summed E-state index contributed by atoms with van der Waals surface area (Å²) in [6.07, 6.45) is 4.79. The van der Waals surface area contributed by atoms with E-state index in [1.54, 1.807) is 19.1 Å². The second-order valence-electron chi connectivity index (χ2n) is 15.1. The highest BCUT2D eigenvalue weighted by atomic mass is 32.1. The summed E-state index contributed by atoms with van der Waals surface area (Å²) in [6, 6.07) is 2.01. The lowest BCUT2D eigenvalue weighted by Gasteiger charge is -2.54. The van der Waals surface area contributed by atoms with Crippen LogP contribution in [0.25, 0.3) is 0 Å². The van der Waals surface area contributed by atoms with Crippen molar-refractivity contribution in [1.82, 2.24) is 9.88 Å². The van der Waals surface area contributed by atoms with Crippen molar-refractivity contribution < 1.29 is 39.9 Å². The van der Waals surface area contributed by atoms with E-state index in [0.717, 1.165) is 17.5 Å². The minimum Gasteiger partial charge on any atom is -0.510 e. The number of benzene rings is 1. The van der Waals surface area contributed by atoms with E-state index >= 15 is 0 Å². The van der Waals surface area contributed by atoms with Crippen molar-refractivity contribution in [3.8, 4) is 5.75 Å². The number of aliphatic hydroxyl groups excluding tert-OH is 3. The highest BCUT2D eigenvalue weighted by molar-refractivity contribution is 7.13. The van der Waals surface area contributed by atoms with Gasteiger partial charge in [-0.25, -0.2) is 4.98 Å². The number of aliphatic hydroxyl groups is 4. The van der Waals surface area contributed by atoms with Gasteiger partial charge in [-0.05, 0) is 87.4 Å². The number of carbonyl (C=O) groups excluding carboxylic acids is 3. The first-order valence-corrected chi connectivity index (χ1v) is 17.5. The number of aromatic nitrogens is 1. The Morgan fingerprint density at radius 2 is 1.69 bits per heavy atom. The molecule has 7 aliphatic rings. The van der Waals surface area contributed by atoms with Gasteiger partial charge in [0.1, 0.15) is 17.1 Å². The van der Waals surface area contributed by atoms with Gasteiger partial charge in [0, 0.05) is 22.8 Å². The number of nitrogens with two attached hydrogens (primary N) is 1. The summed E-state index contributed by atoms with van der Waals surface area (Å²) >= 11 is 1.43. The SMILES string of the molecule is CC1c2ccc(Nc3nc(C4C5CC6CC(C5)CC4C6)cs3)c(O)c2C(=O)C2=C(O)C3(O)C(=O)C(C(N)=O)=C(O)C(N(C)C)C3C(O)C21. The Kier molecular flexibility index (Phi) is 6.96. The van der Waals surface area contributed by atoms with Gasteiger partial charge in [0.05, 0.1) is 35.0 Å². The first kappa shape index (κ1) is 31.5. The van der Waals surface area contributed by atoms with Gasteiger partial charge in [-0.15, -0.1) is 11.3 Å². The van der Waals surface area contributed by atoms with Crippen molar-refractivity contribution in [1.29, 1.82) is 0 Å². The van der Waals surface area contributed by atoms with Gasteiger partial charge in [0.25, 0.3) is 5.91 Å². The van der Waals surface area contributed by atoms with E-state index in [-0.39, 0.29) is 11.3 Å². The van der Waals surface area contributed by atoms with Crippen LogP contribution in [0.15, 0.2) is 40.2 Å². The van der Waals surface area contributed by atoms with E-state index in [9.17, 15) is 39.9 Å². The summed E-state index contributed by atoms with van der Waals surface area (Å²) in [6.45, 7) is 1.71. The lowest BCUT2D eigenvalue weighted by molar-refractivity contribution is -0.162. The normalized spacial score (nSPS) is 38.3. The summed E-state index contributed by atoms with van der Waals surface area (Å²) in [7, 11) is 3.01. The average molecular weight is 677 g/mol. The van der Waals surface area contributed by atoms with Crippen LogP contribution in [-0.2, 0) is 9.59 Å². The Bertz CT molecular complexity index is 1820. The molecule has 4 saturated carbocycles. The van der Waals surface area contributed by atoms with Gasteiger partial charge >= 0.3 is 0 Å². The van der Waals surface area contributed by atoms with E-state index < -0.39 is 81.4 Å². The van der Waals surface area contributed by atoms with Crippen molar-refractivity contribution in [3.05, 3.63) is 57.0 Å². The van der Waals surface area contributed by atoms with Crippen LogP contribution in [0.4, 0.5) is 10.8 Å². The predicted octanol–water partition coefficient (Wildman–Crippen LogP) is 3.39. The van der Waals surface area contributed by atoms with E-state index in [0.29, 0.717) is 28.4 Å². The number of thiazole rings is 1. The smallest absolute Gasteiger partial charge is 0.255 e. The van der Waals surface area contributed by atoms with Crippen LogP contribution in [0.2, 0.25) is 0 Å². The van der Waals surface area contributed by atoms with Crippen molar-refractivity contribution in [2.75, 3.05) is 19.4 Å². The molecule has 0 radical (unpaired) electrons. The number of fused-ring (bicyclic) bond motifs is 3. The molecule has 0 saturated heterocycles. The summed E-state index contributed by atoms with van der Waals surface area (Å²) in [4.78, 5) is 46.5. The van der Waals surface area contributed by atoms with E-state index in [4.69, 9.17) is 10.7 Å². The van der Waals surface area contributed by atoms with Crippen LogP contribution in [0, 0.1) is 35.5 Å². The summed E-state index contributed by atoms with van der Waals surface area (Å²) in [5.41, 5.74) is 2.65. The van der Waals surface area contributed by atoms with Gasteiger partial charge in [0.15, 0.2) is 22.3 Å². The Morgan fingerprint density at radius 1 is 1.04 bits per heavy atom. The number of carbonyl (C=O) groups is 3. The van der Waals surface area contributed by atoms with E-state index in [1.807, 2.05) is 0 Å². The van der Waals surface area contributed by atoms with Crippen molar-refractivity contribution in [2.24, 2.45) is 41.2 Å². The Hall–Kier alpha value is -3.78. The van der Waals surface area contributed by atoms with Gasteiger partial charge in [-0.2, -0.15) is 0 Å². The number of Topliss-reactive ketones (excluding diaryl/α,β-unsaturated/α-hetero) is 2. The summed E-state index contributed by atoms with van der Waals surface area (Å²) in [5.74, 6) is -5.71. The number of ketones is 2. The Balaban J connectivity index is 1.16. The van der Waals surface area contributed by atoms with Crippen molar-refractivity contribution >= 4 is 39.6 Å². The molecule has 12 nitrogen and oxygen atoms in total. The number of nitrogens with one attached hydrogen (secondary N) is 1. The molecular weight excluding hydrogens is 636 g/mol. The predicted molar refractivity (Wildman–Crippen MR) is 175 cm³/mol. The molecule has 1 heterocycles. The molecule has 13 heteroatoms. The van der Waals surface area contributed by atoms with Crippen LogP contribution in [0.1, 0.15) is 72.5 Å². The molecule has 1 aromatic carbocycles. The molecule has 8 N–H and O–H groups in total. The van der Waals surface area contributed by atoms with Crippen molar-refractivity contribution in [2.45, 2.75) is 68.6 Å². The first-order chi connectivity index (χ1) is 22.7. The second kappa shape index (κ2) is 10.6. The maximum atomic E-state index is 14.2. The highest BCUT2D eigenvalue weighted by Crippen LogP contribution is 2.60. The number of phenols is 1. The fourth-order valence-electron chi connectivity index (χ4n) is 10.7. The quantitative estimate of drug-likeness (QED) is 0.180. The van der Waals surface area contributed by atoms with Gasteiger partial charge in [0.2, 0.25) is 5.78 Å². The number of aromatic hydroxyl groups is 1. The largest absolute Gasteiger partial charge is 0.510 e. The molecule has 6 atom stereocenters. The minimum atomic E-state index is -2.95.